The number of nitrogens with zero attached hydrogens (tertiary/aromatic N) is 3. The first kappa shape index (κ1) is 6.02. The lowest BCUT2D eigenvalue weighted by atomic mass is 10.6. The molecule has 0 spiro atoms. The van der Waals surface area contributed by atoms with Gasteiger partial charge in [0.2, 0.25) is 5.95 Å². The average Bonchev–Trinajstić information content (AvgIpc) is 2.37. The van der Waals surface area contributed by atoms with Gasteiger partial charge in [0.15, 0.2) is 0 Å². The first-order valence-corrected chi connectivity index (χ1v) is 2.98. The number of anilines is 1. The molecule has 11 heavy (non-hydrogen) atoms. The molecule has 1 aromatic heterocycles. The van der Waals surface area contributed by atoms with Crippen molar-refractivity contribution < 1.29 is 9.59 Å². The predicted octanol–water partition coefficient (Wildman–Crippen LogP) is -0.821. The van der Waals surface area contributed by atoms with Gasteiger partial charge in [-0.3, -0.25) is 14.9 Å². The normalized spacial score (nSPS) is 15.0. The Morgan fingerprint density at radius 3 is 2.82 bits per heavy atom. The van der Waals surface area contributed by atoms with Crippen LogP contribution in [0.1, 0.15) is 10.6 Å². The summed E-state index contributed by atoms with van der Waals surface area (Å²) in [7, 11) is 0. The molecule has 6 nitrogen and oxygen atoms in total. The SMILES string of the molecule is Cc1nc2n(n1)C(=O)C(=O)N2. The highest BCUT2D eigenvalue weighted by Crippen LogP contribution is 2.10. The van der Waals surface area contributed by atoms with Crippen LogP contribution in [0.3, 0.4) is 0 Å². The highest BCUT2D eigenvalue weighted by atomic mass is 16.2. The second-order valence-corrected chi connectivity index (χ2v) is 2.15. The van der Waals surface area contributed by atoms with Crippen LogP contribution in [0.2, 0.25) is 0 Å². The zero-order chi connectivity index (χ0) is 8.01. The van der Waals surface area contributed by atoms with E-state index in [1.54, 1.807) is 6.92 Å². The number of carbonyl (C=O) groups is 2. The third-order valence-electron chi connectivity index (χ3n) is 1.32. The summed E-state index contributed by atoms with van der Waals surface area (Å²) in [5.74, 6) is -0.688. The molecule has 0 unspecified atom stereocenters. The molecule has 1 aliphatic rings. The van der Waals surface area contributed by atoms with Gasteiger partial charge in [0.05, 0.1) is 0 Å². The van der Waals surface area contributed by atoms with Crippen LogP contribution >= 0.6 is 0 Å². The van der Waals surface area contributed by atoms with Crippen LogP contribution in [0.15, 0.2) is 0 Å². The maximum Gasteiger partial charge on any atom is 0.339 e. The van der Waals surface area contributed by atoms with Crippen LogP contribution in [0.4, 0.5) is 5.95 Å². The third-order valence-corrected chi connectivity index (χ3v) is 1.32. The minimum Gasteiger partial charge on any atom is -0.286 e. The molecule has 56 valence electrons. The van der Waals surface area contributed by atoms with Crippen LogP contribution in [0.25, 0.3) is 0 Å². The summed E-state index contributed by atoms with van der Waals surface area (Å²) in [6.45, 7) is 1.64. The number of aromatic nitrogens is 3. The van der Waals surface area contributed by atoms with Crippen molar-refractivity contribution in [2.45, 2.75) is 6.92 Å². The highest BCUT2D eigenvalue weighted by Gasteiger charge is 2.30. The van der Waals surface area contributed by atoms with Gasteiger partial charge in [-0.1, -0.05) is 0 Å². The Hall–Kier alpha value is -1.72. The molecule has 1 aliphatic heterocycles. The highest BCUT2D eigenvalue weighted by molar-refractivity contribution is 6.43. The van der Waals surface area contributed by atoms with Crippen LogP contribution in [0, 0.1) is 6.92 Å². The Morgan fingerprint density at radius 1 is 1.45 bits per heavy atom. The Morgan fingerprint density at radius 2 is 2.18 bits per heavy atom. The third kappa shape index (κ3) is 0.658. The zero-order valence-electron chi connectivity index (χ0n) is 5.66. The van der Waals surface area contributed by atoms with E-state index in [0.717, 1.165) is 4.68 Å². The summed E-state index contributed by atoms with van der Waals surface area (Å²) in [6, 6.07) is 0. The summed E-state index contributed by atoms with van der Waals surface area (Å²) < 4.78 is 0.956. The van der Waals surface area contributed by atoms with E-state index in [0.29, 0.717) is 5.82 Å². The van der Waals surface area contributed by atoms with Gasteiger partial charge in [0.25, 0.3) is 0 Å². The van der Waals surface area contributed by atoms with E-state index in [1.165, 1.54) is 0 Å². The van der Waals surface area contributed by atoms with Crippen LogP contribution in [0.5, 0.6) is 0 Å². The second kappa shape index (κ2) is 1.66. The summed E-state index contributed by atoms with van der Waals surface area (Å²) in [4.78, 5) is 25.3. The number of amides is 1. The average molecular weight is 152 g/mol. The molecule has 0 saturated heterocycles. The van der Waals surface area contributed by atoms with E-state index >= 15 is 0 Å². The Bertz CT molecular complexity index is 353. The van der Waals surface area contributed by atoms with Gasteiger partial charge in [-0.15, -0.1) is 5.10 Å². The van der Waals surface area contributed by atoms with Crippen molar-refractivity contribution in [1.29, 1.82) is 0 Å². The van der Waals surface area contributed by atoms with Crippen molar-refractivity contribution in [3.05, 3.63) is 5.82 Å². The van der Waals surface area contributed by atoms with Gasteiger partial charge in [0.1, 0.15) is 5.82 Å². The monoisotopic (exact) mass is 152 g/mol. The predicted molar refractivity (Wildman–Crippen MR) is 34.0 cm³/mol. The lowest BCUT2D eigenvalue weighted by Gasteiger charge is -1.82. The Balaban J connectivity index is 2.60. The summed E-state index contributed by atoms with van der Waals surface area (Å²) in [5.41, 5.74) is 0. The van der Waals surface area contributed by atoms with E-state index < -0.39 is 11.8 Å². The van der Waals surface area contributed by atoms with Crippen LogP contribution < -0.4 is 5.32 Å². The maximum absolute atomic E-state index is 10.9. The topological polar surface area (TPSA) is 76.9 Å². The zero-order valence-corrected chi connectivity index (χ0v) is 5.66. The molecular formula is C5H4N4O2. The standard InChI is InChI=1S/C5H4N4O2/c1-2-6-5-7-3(10)4(11)9(5)8-2/h1H3,(H,6,7,8,10). The van der Waals surface area contributed by atoms with Crippen molar-refractivity contribution in [3.8, 4) is 0 Å². The minimum atomic E-state index is -0.681. The molecule has 0 radical (unpaired) electrons. The molecule has 2 heterocycles. The quantitative estimate of drug-likeness (QED) is 0.492. The van der Waals surface area contributed by atoms with Crippen molar-refractivity contribution in [1.82, 2.24) is 14.8 Å². The van der Waals surface area contributed by atoms with Crippen molar-refractivity contribution >= 4 is 17.8 Å². The van der Waals surface area contributed by atoms with E-state index in [1.807, 2.05) is 0 Å². The molecule has 0 saturated carbocycles. The van der Waals surface area contributed by atoms with Crippen molar-refractivity contribution in [2.75, 3.05) is 5.32 Å². The smallest absolute Gasteiger partial charge is 0.286 e. The first-order valence-electron chi connectivity index (χ1n) is 2.98. The molecular weight excluding hydrogens is 148 g/mol. The molecule has 0 aliphatic carbocycles. The van der Waals surface area contributed by atoms with Gasteiger partial charge in [-0.2, -0.15) is 9.67 Å². The molecule has 2 rings (SSSR count). The first-order chi connectivity index (χ1) is 5.18. The van der Waals surface area contributed by atoms with Crippen molar-refractivity contribution in [3.63, 3.8) is 0 Å². The maximum atomic E-state index is 10.9. The van der Waals surface area contributed by atoms with Gasteiger partial charge >= 0.3 is 11.8 Å². The lowest BCUT2D eigenvalue weighted by Crippen LogP contribution is -2.18. The fraction of sp³-hybridized carbons (Fsp3) is 0.200. The van der Waals surface area contributed by atoms with Gasteiger partial charge in [0, 0.05) is 0 Å². The molecule has 1 aromatic rings. The Kier molecular flexibility index (Phi) is 0.906. The number of aryl methyl sites for hydroxylation is 1. The van der Waals surface area contributed by atoms with Crippen LogP contribution in [-0.4, -0.2) is 26.6 Å². The molecule has 6 heteroatoms. The van der Waals surface area contributed by atoms with E-state index in [-0.39, 0.29) is 5.95 Å². The molecule has 0 fully saturated rings. The molecule has 0 bridgehead atoms. The van der Waals surface area contributed by atoms with E-state index in [4.69, 9.17) is 0 Å². The number of rotatable bonds is 0. The molecule has 1 N–H and O–H groups in total. The number of nitrogens with one attached hydrogen (secondary N) is 1. The number of carbonyl (C=O) groups excluding carboxylic acids is 2. The lowest BCUT2D eigenvalue weighted by molar-refractivity contribution is -0.112. The van der Waals surface area contributed by atoms with E-state index in [9.17, 15) is 9.59 Å². The van der Waals surface area contributed by atoms with Gasteiger partial charge in [-0.25, -0.2) is 0 Å². The largest absolute Gasteiger partial charge is 0.339 e. The summed E-state index contributed by atoms with van der Waals surface area (Å²) in [5, 5.41) is 5.96. The molecule has 1 amide bonds. The Labute approximate surface area is 61.2 Å². The second-order valence-electron chi connectivity index (χ2n) is 2.15. The van der Waals surface area contributed by atoms with Crippen LogP contribution in [-0.2, 0) is 4.79 Å². The summed E-state index contributed by atoms with van der Waals surface area (Å²) in [6.07, 6.45) is 0. The molecule has 0 aromatic carbocycles. The number of hydrogen-bond donors (Lipinski definition) is 1. The van der Waals surface area contributed by atoms with Gasteiger partial charge < -0.3 is 0 Å². The van der Waals surface area contributed by atoms with Gasteiger partial charge in [-0.05, 0) is 6.92 Å². The number of hydrogen-bond acceptors (Lipinski definition) is 4. The minimum absolute atomic E-state index is 0.206. The summed E-state index contributed by atoms with van der Waals surface area (Å²) >= 11 is 0. The fourth-order valence-electron chi connectivity index (χ4n) is 0.889. The van der Waals surface area contributed by atoms with E-state index in [2.05, 4.69) is 15.4 Å². The fourth-order valence-corrected chi connectivity index (χ4v) is 0.889. The number of fused-ring (bicyclic) bond motifs is 1. The molecule has 0 atom stereocenters. The van der Waals surface area contributed by atoms with Crippen molar-refractivity contribution in [2.24, 2.45) is 0 Å².